The van der Waals surface area contributed by atoms with Crippen molar-refractivity contribution < 1.29 is 34.4 Å². The molecule has 2 aliphatic carbocycles. The minimum atomic E-state index is -0.951. The highest BCUT2D eigenvalue weighted by atomic mass is 16.5. The van der Waals surface area contributed by atoms with E-state index in [1.807, 2.05) is 109 Å². The first-order chi connectivity index (χ1) is 24.3. The maximum absolute atomic E-state index is 13.4. The average Bonchev–Trinajstić information content (AvgIpc) is 3.61. The van der Waals surface area contributed by atoms with Gasteiger partial charge in [0.05, 0.1) is 68.7 Å². The molecule has 262 valence electrons. The lowest BCUT2D eigenvalue weighted by Crippen LogP contribution is -2.38. The van der Waals surface area contributed by atoms with Crippen molar-refractivity contribution in [1.82, 2.24) is 10.6 Å². The first-order valence-corrected chi connectivity index (χ1v) is 17.4. The van der Waals surface area contributed by atoms with Crippen molar-refractivity contribution in [2.45, 2.75) is 94.3 Å². The number of aliphatic hydroxyl groups excluding tert-OH is 3. The molecule has 0 aliphatic heterocycles. The van der Waals surface area contributed by atoms with Gasteiger partial charge in [0.15, 0.2) is 0 Å². The maximum Gasteiger partial charge on any atom is 0.223 e. The van der Waals surface area contributed by atoms with Crippen LogP contribution >= 0.6 is 0 Å². The van der Waals surface area contributed by atoms with E-state index in [1.165, 1.54) is 0 Å². The van der Waals surface area contributed by atoms with Crippen molar-refractivity contribution >= 4 is 11.8 Å². The lowest BCUT2D eigenvalue weighted by Gasteiger charge is -2.26. The molecule has 6 atom stereocenters. The highest BCUT2D eigenvalue weighted by Gasteiger charge is 2.34. The molecule has 2 amide bonds. The fraction of sp³-hybridized carbons (Fsp3) is 0.366. The van der Waals surface area contributed by atoms with Gasteiger partial charge in [0, 0.05) is 25.7 Å². The van der Waals surface area contributed by atoms with E-state index < -0.39 is 42.6 Å². The fourth-order valence-electron chi connectivity index (χ4n) is 7.07. The summed E-state index contributed by atoms with van der Waals surface area (Å²) in [5.41, 5.74) is 5.69. The van der Waals surface area contributed by atoms with E-state index in [1.54, 1.807) is 0 Å². The minimum absolute atomic E-state index is 0.0235. The van der Waals surface area contributed by atoms with Crippen LogP contribution in [0.1, 0.15) is 71.1 Å². The van der Waals surface area contributed by atoms with E-state index in [0.717, 1.165) is 33.4 Å². The molecule has 0 spiro atoms. The van der Waals surface area contributed by atoms with Gasteiger partial charge in [-0.25, -0.2) is 0 Å². The Morgan fingerprint density at radius 1 is 0.600 bits per heavy atom. The molecular formula is C41H46N2O7. The molecule has 0 bridgehead atoms. The summed E-state index contributed by atoms with van der Waals surface area (Å²) in [7, 11) is 0. The molecule has 0 heterocycles. The number of hydrogen-bond acceptors (Lipinski definition) is 7. The molecule has 4 aromatic rings. The second-order valence-corrected chi connectivity index (χ2v) is 13.4. The van der Waals surface area contributed by atoms with Crippen molar-refractivity contribution in [2.24, 2.45) is 0 Å². The standard InChI is InChI=1S/C41H46N2O7/c44-31(21-32(49-25-27-11-3-1-4-12-27)23-38(47)42-40-34-17-9-7-15-29(34)19-36(40)45)22-33(50-26-28-13-5-2-6-14-28)24-39(48)43-41-35-18-10-8-16-30(35)20-37(41)46/h1-18,31-33,36-37,40-41,44-46H,19-26H2,(H,42,47)(H,43,48)/t32-,33-,36+,37+,40-,41-/m0/s1. The molecule has 9 heteroatoms. The topological polar surface area (TPSA) is 137 Å². The molecule has 2 aliphatic rings. The zero-order valence-electron chi connectivity index (χ0n) is 28.1. The smallest absolute Gasteiger partial charge is 0.223 e. The summed E-state index contributed by atoms with van der Waals surface area (Å²) in [6.45, 7) is 0.504. The molecule has 0 fully saturated rings. The quantitative estimate of drug-likeness (QED) is 0.117. The Morgan fingerprint density at radius 2 is 0.980 bits per heavy atom. The summed E-state index contributed by atoms with van der Waals surface area (Å²) in [5.74, 6) is -0.578. The molecule has 4 aromatic carbocycles. The van der Waals surface area contributed by atoms with Gasteiger partial charge in [0.25, 0.3) is 0 Å². The fourth-order valence-corrected chi connectivity index (χ4v) is 7.07. The highest BCUT2D eigenvalue weighted by molar-refractivity contribution is 5.78. The second-order valence-electron chi connectivity index (χ2n) is 13.4. The SMILES string of the molecule is O=C(C[C@H](CC(O)C[C@@H](CC(=O)N[C@H]1c2ccccc2C[C@H]1O)OCc1ccccc1)OCc1ccccc1)N[C@H]1c2ccccc2C[C@H]1O. The van der Waals surface area contributed by atoms with Gasteiger partial charge in [0.1, 0.15) is 0 Å². The van der Waals surface area contributed by atoms with Crippen molar-refractivity contribution in [1.29, 1.82) is 0 Å². The van der Waals surface area contributed by atoms with E-state index >= 15 is 0 Å². The molecule has 9 nitrogen and oxygen atoms in total. The van der Waals surface area contributed by atoms with E-state index in [4.69, 9.17) is 9.47 Å². The van der Waals surface area contributed by atoms with Gasteiger partial charge < -0.3 is 35.4 Å². The van der Waals surface area contributed by atoms with Crippen LogP contribution in [-0.2, 0) is 45.1 Å². The lowest BCUT2D eigenvalue weighted by atomic mass is 10.00. The number of nitrogens with one attached hydrogen (secondary N) is 2. The van der Waals surface area contributed by atoms with Crippen LogP contribution in [0.3, 0.4) is 0 Å². The van der Waals surface area contributed by atoms with Crippen molar-refractivity contribution in [3.63, 3.8) is 0 Å². The third-order valence-electron chi connectivity index (χ3n) is 9.59. The molecule has 0 aromatic heterocycles. The second kappa shape index (κ2) is 17.0. The van der Waals surface area contributed by atoms with Crippen LogP contribution in [0.2, 0.25) is 0 Å². The Bertz CT molecular complexity index is 1580. The van der Waals surface area contributed by atoms with Gasteiger partial charge in [0.2, 0.25) is 11.8 Å². The van der Waals surface area contributed by atoms with Crippen LogP contribution in [0.25, 0.3) is 0 Å². The number of aliphatic hydroxyl groups is 3. The summed E-state index contributed by atoms with van der Waals surface area (Å²) in [5, 5.41) is 38.8. The zero-order valence-corrected chi connectivity index (χ0v) is 28.1. The van der Waals surface area contributed by atoms with Crippen LogP contribution in [0.4, 0.5) is 0 Å². The number of carbonyl (C=O) groups excluding carboxylic acids is 2. The molecule has 0 saturated heterocycles. The third kappa shape index (κ3) is 9.44. The molecule has 0 unspecified atom stereocenters. The average molecular weight is 679 g/mol. The highest BCUT2D eigenvalue weighted by Crippen LogP contribution is 2.33. The van der Waals surface area contributed by atoms with Gasteiger partial charge in [-0.05, 0) is 33.4 Å². The Hall–Kier alpha value is -4.38. The summed E-state index contributed by atoms with van der Waals surface area (Å²) < 4.78 is 12.4. The Kier molecular flexibility index (Phi) is 12.1. The zero-order chi connectivity index (χ0) is 34.9. The van der Waals surface area contributed by atoms with Crippen LogP contribution in [-0.4, -0.2) is 57.7 Å². The molecule has 5 N–H and O–H groups in total. The van der Waals surface area contributed by atoms with E-state index in [0.29, 0.717) is 12.8 Å². The number of hydrogen-bond donors (Lipinski definition) is 5. The van der Waals surface area contributed by atoms with Gasteiger partial charge in [-0.2, -0.15) is 0 Å². The number of fused-ring (bicyclic) bond motifs is 2. The molecular weight excluding hydrogens is 632 g/mol. The molecule has 0 radical (unpaired) electrons. The van der Waals surface area contributed by atoms with E-state index in [9.17, 15) is 24.9 Å². The lowest BCUT2D eigenvalue weighted by molar-refractivity contribution is -0.127. The summed E-state index contributed by atoms with van der Waals surface area (Å²) in [6, 6.07) is 33.6. The largest absolute Gasteiger partial charge is 0.393 e. The number of ether oxygens (including phenoxy) is 2. The van der Waals surface area contributed by atoms with Gasteiger partial charge in [-0.15, -0.1) is 0 Å². The first kappa shape index (κ1) is 35.4. The van der Waals surface area contributed by atoms with Crippen LogP contribution in [0, 0.1) is 0 Å². The summed E-state index contributed by atoms with van der Waals surface area (Å²) >= 11 is 0. The van der Waals surface area contributed by atoms with Crippen LogP contribution < -0.4 is 10.6 Å². The van der Waals surface area contributed by atoms with E-state index in [-0.39, 0.29) is 50.7 Å². The molecule has 50 heavy (non-hydrogen) atoms. The number of amides is 2. The number of benzene rings is 4. The van der Waals surface area contributed by atoms with Gasteiger partial charge in [-0.1, -0.05) is 109 Å². The van der Waals surface area contributed by atoms with E-state index in [2.05, 4.69) is 10.6 Å². The number of rotatable bonds is 16. The van der Waals surface area contributed by atoms with Gasteiger partial charge in [-0.3, -0.25) is 9.59 Å². The first-order valence-electron chi connectivity index (χ1n) is 17.4. The maximum atomic E-state index is 13.4. The number of carbonyl (C=O) groups is 2. The van der Waals surface area contributed by atoms with Crippen LogP contribution in [0.5, 0.6) is 0 Å². The molecule has 6 rings (SSSR count). The normalized spacial score (nSPS) is 20.6. The summed E-state index contributed by atoms with van der Waals surface area (Å²) in [6.07, 6.45) is -2.54. The Balaban J connectivity index is 1.11. The van der Waals surface area contributed by atoms with Crippen molar-refractivity contribution in [3.8, 4) is 0 Å². The Morgan fingerprint density at radius 3 is 1.40 bits per heavy atom. The Labute approximate surface area is 293 Å². The third-order valence-corrected chi connectivity index (χ3v) is 9.59. The van der Waals surface area contributed by atoms with Crippen molar-refractivity contribution in [3.05, 3.63) is 143 Å². The predicted octanol–water partition coefficient (Wildman–Crippen LogP) is 4.63. The monoisotopic (exact) mass is 678 g/mol. The summed E-state index contributed by atoms with van der Waals surface area (Å²) in [4.78, 5) is 26.8. The van der Waals surface area contributed by atoms with Gasteiger partial charge >= 0.3 is 0 Å². The van der Waals surface area contributed by atoms with Crippen molar-refractivity contribution in [2.75, 3.05) is 0 Å². The minimum Gasteiger partial charge on any atom is -0.393 e. The molecule has 0 saturated carbocycles. The predicted molar refractivity (Wildman–Crippen MR) is 189 cm³/mol. The van der Waals surface area contributed by atoms with Crippen LogP contribution in [0.15, 0.2) is 109 Å².